The van der Waals surface area contributed by atoms with Crippen molar-refractivity contribution >= 4 is 0 Å². The Morgan fingerprint density at radius 3 is 2.77 bits per heavy atom. The highest BCUT2D eigenvalue weighted by Gasteiger charge is 2.26. The van der Waals surface area contributed by atoms with E-state index in [-0.39, 0.29) is 25.3 Å². The maximum absolute atomic E-state index is 12.3. The lowest BCUT2D eigenvalue weighted by Crippen LogP contribution is -2.23. The van der Waals surface area contributed by atoms with Crippen molar-refractivity contribution in [1.82, 2.24) is 9.55 Å². The fourth-order valence-electron chi connectivity index (χ4n) is 3.63. The standard InChI is InChI=1S/C24H25FN2O4/c1-16-4-3-5-22(17(16)2)18-6-8-20(9-7-18)30-15-21-13-27-19(14-29-11-10-25)12-23(28)26-24(27)31-21/h3-9,12,21H,10-11,13-15H2,1-2H3. The summed E-state index contributed by atoms with van der Waals surface area (Å²) in [6, 6.07) is 15.9. The molecule has 4 rings (SSSR count). The van der Waals surface area contributed by atoms with Crippen LogP contribution in [-0.4, -0.2) is 35.5 Å². The van der Waals surface area contributed by atoms with Crippen molar-refractivity contribution in [3.8, 4) is 22.9 Å². The number of fused-ring (bicyclic) bond motifs is 1. The molecule has 2 heterocycles. The van der Waals surface area contributed by atoms with Gasteiger partial charge >= 0.3 is 6.01 Å². The molecule has 6 nitrogen and oxygen atoms in total. The Hall–Kier alpha value is -3.19. The number of nitrogens with zero attached hydrogens (tertiary/aromatic N) is 2. The molecule has 2 aromatic carbocycles. The van der Waals surface area contributed by atoms with E-state index < -0.39 is 12.2 Å². The highest BCUT2D eigenvalue weighted by molar-refractivity contribution is 5.68. The van der Waals surface area contributed by atoms with Crippen molar-refractivity contribution in [3.05, 3.63) is 75.7 Å². The minimum Gasteiger partial charge on any atom is -0.490 e. The van der Waals surface area contributed by atoms with Crippen LogP contribution in [0.4, 0.5) is 4.39 Å². The first kappa shape index (κ1) is 21.1. The molecule has 0 saturated heterocycles. The molecule has 162 valence electrons. The van der Waals surface area contributed by atoms with Gasteiger partial charge in [-0.2, -0.15) is 4.98 Å². The number of rotatable bonds is 8. The second kappa shape index (κ2) is 9.31. The summed E-state index contributed by atoms with van der Waals surface area (Å²) < 4.78 is 31.0. The highest BCUT2D eigenvalue weighted by Crippen LogP contribution is 2.27. The molecule has 1 unspecified atom stereocenters. The smallest absolute Gasteiger partial charge is 0.300 e. The van der Waals surface area contributed by atoms with E-state index >= 15 is 0 Å². The van der Waals surface area contributed by atoms with Crippen LogP contribution >= 0.6 is 0 Å². The Morgan fingerprint density at radius 2 is 2.00 bits per heavy atom. The maximum atomic E-state index is 12.3. The molecule has 31 heavy (non-hydrogen) atoms. The zero-order valence-corrected chi connectivity index (χ0v) is 17.6. The summed E-state index contributed by atoms with van der Waals surface area (Å²) in [5.74, 6) is 0.739. The summed E-state index contributed by atoms with van der Waals surface area (Å²) in [5, 5.41) is 0. The Bertz CT molecular complexity index is 1110. The Kier molecular flexibility index (Phi) is 6.32. The summed E-state index contributed by atoms with van der Waals surface area (Å²) in [4.78, 5) is 15.7. The number of ether oxygens (including phenoxy) is 3. The van der Waals surface area contributed by atoms with Crippen molar-refractivity contribution in [2.24, 2.45) is 0 Å². The molecule has 0 radical (unpaired) electrons. The first-order chi connectivity index (χ1) is 15.0. The molecular weight excluding hydrogens is 399 g/mol. The third-order valence-electron chi connectivity index (χ3n) is 5.41. The van der Waals surface area contributed by atoms with E-state index in [2.05, 4.69) is 37.0 Å². The molecule has 0 saturated carbocycles. The zero-order chi connectivity index (χ0) is 21.8. The minimum absolute atomic E-state index is 0.0166. The van der Waals surface area contributed by atoms with Crippen molar-refractivity contribution in [1.29, 1.82) is 0 Å². The average Bonchev–Trinajstić information content (AvgIpc) is 3.18. The number of aromatic nitrogens is 2. The second-order valence-corrected chi connectivity index (χ2v) is 7.54. The number of aryl methyl sites for hydroxylation is 1. The maximum Gasteiger partial charge on any atom is 0.300 e. The number of hydrogen-bond donors (Lipinski definition) is 0. The van der Waals surface area contributed by atoms with Gasteiger partial charge in [0.15, 0.2) is 6.10 Å². The van der Waals surface area contributed by atoms with Crippen LogP contribution in [0.3, 0.4) is 0 Å². The highest BCUT2D eigenvalue weighted by atomic mass is 19.1. The first-order valence-electron chi connectivity index (χ1n) is 10.3. The average molecular weight is 424 g/mol. The molecule has 3 aromatic rings. The van der Waals surface area contributed by atoms with Gasteiger partial charge in [0, 0.05) is 6.07 Å². The molecule has 1 aliphatic heterocycles. The lowest BCUT2D eigenvalue weighted by molar-refractivity contribution is 0.101. The Labute approximate surface area is 180 Å². The van der Waals surface area contributed by atoms with Gasteiger partial charge < -0.3 is 14.2 Å². The fraction of sp³-hybridized carbons (Fsp3) is 0.333. The summed E-state index contributed by atoms with van der Waals surface area (Å²) in [6.07, 6.45) is -0.284. The summed E-state index contributed by atoms with van der Waals surface area (Å²) in [6.45, 7) is 4.57. The van der Waals surface area contributed by atoms with E-state index in [0.29, 0.717) is 18.8 Å². The number of alkyl halides is 1. The molecule has 0 bridgehead atoms. The quantitative estimate of drug-likeness (QED) is 0.514. The van der Waals surface area contributed by atoms with Gasteiger partial charge in [0.25, 0.3) is 5.56 Å². The molecule has 0 N–H and O–H groups in total. The molecule has 0 spiro atoms. The molecule has 1 atom stereocenters. The van der Waals surface area contributed by atoms with Crippen molar-refractivity contribution in [3.63, 3.8) is 0 Å². The van der Waals surface area contributed by atoms with Crippen LogP contribution < -0.4 is 15.0 Å². The van der Waals surface area contributed by atoms with E-state index in [1.54, 1.807) is 4.57 Å². The number of benzene rings is 2. The van der Waals surface area contributed by atoms with Crippen LogP contribution in [-0.2, 0) is 17.9 Å². The van der Waals surface area contributed by atoms with Crippen LogP contribution in [0, 0.1) is 13.8 Å². The molecule has 0 aliphatic carbocycles. The largest absolute Gasteiger partial charge is 0.490 e. The van der Waals surface area contributed by atoms with Gasteiger partial charge in [-0.25, -0.2) is 4.39 Å². The van der Waals surface area contributed by atoms with Gasteiger partial charge in [-0.3, -0.25) is 9.36 Å². The SMILES string of the molecule is Cc1cccc(-c2ccc(OCC3Cn4c(COCCF)cc(=O)nc4O3)cc2)c1C. The monoisotopic (exact) mass is 424 g/mol. The third-order valence-corrected chi connectivity index (χ3v) is 5.41. The number of halogens is 1. The Morgan fingerprint density at radius 1 is 1.19 bits per heavy atom. The van der Waals surface area contributed by atoms with Gasteiger partial charge in [0.1, 0.15) is 19.0 Å². The predicted octanol–water partition coefficient (Wildman–Crippen LogP) is 3.85. The van der Waals surface area contributed by atoms with E-state index in [1.165, 1.54) is 22.8 Å². The van der Waals surface area contributed by atoms with Crippen molar-refractivity contribution in [2.75, 3.05) is 19.9 Å². The molecule has 0 fully saturated rings. The van der Waals surface area contributed by atoms with Gasteiger partial charge in [0.05, 0.1) is 25.5 Å². The van der Waals surface area contributed by atoms with Crippen molar-refractivity contribution < 1.29 is 18.6 Å². The van der Waals surface area contributed by atoms with Crippen molar-refractivity contribution in [2.45, 2.75) is 33.1 Å². The molecule has 7 heteroatoms. The molecular formula is C24H25FN2O4. The van der Waals surface area contributed by atoms with Crippen LogP contribution in [0.25, 0.3) is 11.1 Å². The summed E-state index contributed by atoms with van der Waals surface area (Å²) >= 11 is 0. The zero-order valence-electron chi connectivity index (χ0n) is 17.6. The van der Waals surface area contributed by atoms with Gasteiger partial charge in [-0.15, -0.1) is 0 Å². The minimum atomic E-state index is -0.572. The van der Waals surface area contributed by atoms with E-state index in [4.69, 9.17) is 14.2 Å². The van der Waals surface area contributed by atoms with Gasteiger partial charge in [-0.05, 0) is 48.2 Å². The first-order valence-corrected chi connectivity index (χ1v) is 10.3. The van der Waals surface area contributed by atoms with E-state index in [9.17, 15) is 9.18 Å². The van der Waals surface area contributed by atoms with E-state index in [1.807, 2.05) is 24.3 Å². The Balaban J connectivity index is 1.39. The topological polar surface area (TPSA) is 62.6 Å². The van der Waals surface area contributed by atoms with Crippen LogP contribution in [0.2, 0.25) is 0 Å². The third kappa shape index (κ3) is 4.77. The molecule has 0 amide bonds. The lowest BCUT2D eigenvalue weighted by atomic mass is 9.97. The van der Waals surface area contributed by atoms with Crippen LogP contribution in [0.5, 0.6) is 11.8 Å². The van der Waals surface area contributed by atoms with E-state index in [0.717, 1.165) is 11.3 Å². The number of hydrogen-bond acceptors (Lipinski definition) is 5. The summed E-state index contributed by atoms with van der Waals surface area (Å²) in [5.41, 5.74) is 5.08. The summed E-state index contributed by atoms with van der Waals surface area (Å²) in [7, 11) is 0. The second-order valence-electron chi connectivity index (χ2n) is 7.54. The van der Waals surface area contributed by atoms with Gasteiger partial charge in [-0.1, -0.05) is 30.3 Å². The predicted molar refractivity (Wildman–Crippen MR) is 115 cm³/mol. The van der Waals surface area contributed by atoms with Gasteiger partial charge in [0.2, 0.25) is 0 Å². The lowest BCUT2D eigenvalue weighted by Gasteiger charge is -2.13. The molecule has 1 aliphatic rings. The molecule has 1 aromatic heterocycles. The normalized spacial score (nSPS) is 14.9. The van der Waals surface area contributed by atoms with Crippen LogP contribution in [0.15, 0.2) is 53.3 Å². The van der Waals surface area contributed by atoms with Crippen LogP contribution in [0.1, 0.15) is 16.8 Å². The fourth-order valence-corrected chi connectivity index (χ4v) is 3.63.